The van der Waals surface area contributed by atoms with E-state index in [4.69, 9.17) is 5.73 Å². The Bertz CT molecular complexity index is 369. The third-order valence-corrected chi connectivity index (χ3v) is 2.45. The summed E-state index contributed by atoms with van der Waals surface area (Å²) in [6.45, 7) is 3.93. The van der Waals surface area contributed by atoms with Gasteiger partial charge in [0, 0.05) is 24.3 Å². The number of aliphatic imine (C=N–C) groups is 1. The van der Waals surface area contributed by atoms with Gasteiger partial charge in [0.25, 0.3) is 0 Å². The molecule has 0 atom stereocenters. The molecule has 1 aliphatic heterocycles. The van der Waals surface area contributed by atoms with E-state index in [1.165, 1.54) is 0 Å². The van der Waals surface area contributed by atoms with Crippen molar-refractivity contribution in [2.45, 2.75) is 13.3 Å². The third-order valence-electron chi connectivity index (χ3n) is 2.45. The first-order chi connectivity index (χ1) is 6.77. The molecule has 1 heterocycles. The van der Waals surface area contributed by atoms with E-state index < -0.39 is 0 Å². The van der Waals surface area contributed by atoms with Crippen LogP contribution in [0.25, 0.3) is 0 Å². The van der Waals surface area contributed by atoms with Crippen molar-refractivity contribution in [3.63, 3.8) is 0 Å². The Morgan fingerprint density at radius 1 is 1.43 bits per heavy atom. The molecular formula is C11H15N3. The van der Waals surface area contributed by atoms with Gasteiger partial charge in [-0.15, -0.1) is 0 Å². The average Bonchev–Trinajstić information content (AvgIpc) is 2.23. The van der Waals surface area contributed by atoms with E-state index in [1.54, 1.807) is 0 Å². The minimum atomic E-state index is 0.831. The Labute approximate surface area is 84.0 Å². The van der Waals surface area contributed by atoms with E-state index >= 15 is 0 Å². The number of aryl methyl sites for hydroxylation is 1. The summed E-state index contributed by atoms with van der Waals surface area (Å²) in [5, 5.41) is 3.28. The maximum Gasteiger partial charge on any atom is 0.128 e. The lowest BCUT2D eigenvalue weighted by atomic mass is 10.1. The van der Waals surface area contributed by atoms with Crippen LogP contribution in [0.1, 0.15) is 17.5 Å². The number of nitrogens with zero attached hydrogens (tertiary/aromatic N) is 1. The maximum absolute atomic E-state index is 5.84. The molecule has 0 unspecified atom stereocenters. The van der Waals surface area contributed by atoms with Gasteiger partial charge < -0.3 is 11.1 Å². The second kappa shape index (κ2) is 3.70. The molecule has 0 aromatic heterocycles. The lowest BCUT2D eigenvalue weighted by Gasteiger charge is -2.15. The van der Waals surface area contributed by atoms with Gasteiger partial charge in [0.1, 0.15) is 5.84 Å². The molecule has 74 valence electrons. The normalized spacial score (nSPS) is 15.9. The van der Waals surface area contributed by atoms with Crippen molar-refractivity contribution in [1.82, 2.24) is 5.32 Å². The first-order valence-corrected chi connectivity index (χ1v) is 4.92. The summed E-state index contributed by atoms with van der Waals surface area (Å²) in [4.78, 5) is 4.42. The van der Waals surface area contributed by atoms with Gasteiger partial charge in [-0.05, 0) is 25.0 Å². The molecule has 3 heteroatoms. The van der Waals surface area contributed by atoms with E-state index in [0.29, 0.717) is 0 Å². The van der Waals surface area contributed by atoms with E-state index in [1.807, 2.05) is 19.1 Å². The molecule has 1 aromatic rings. The van der Waals surface area contributed by atoms with Crippen LogP contribution in [-0.4, -0.2) is 18.9 Å². The SMILES string of the molecule is Cc1ccc(C2=NCCCN2)cc1N. The van der Waals surface area contributed by atoms with Gasteiger partial charge in [-0.25, -0.2) is 0 Å². The second-order valence-electron chi connectivity index (χ2n) is 3.58. The van der Waals surface area contributed by atoms with E-state index in [-0.39, 0.29) is 0 Å². The van der Waals surface area contributed by atoms with Crippen LogP contribution in [0.2, 0.25) is 0 Å². The van der Waals surface area contributed by atoms with Crippen molar-refractivity contribution >= 4 is 11.5 Å². The van der Waals surface area contributed by atoms with E-state index in [9.17, 15) is 0 Å². The number of nitrogens with one attached hydrogen (secondary N) is 1. The third kappa shape index (κ3) is 1.71. The predicted molar refractivity (Wildman–Crippen MR) is 59.6 cm³/mol. The fourth-order valence-electron chi connectivity index (χ4n) is 1.51. The molecule has 2 rings (SSSR count). The summed E-state index contributed by atoms with van der Waals surface area (Å²) in [5.74, 6) is 0.975. The van der Waals surface area contributed by atoms with E-state index in [0.717, 1.165) is 42.2 Å². The van der Waals surface area contributed by atoms with Crippen LogP contribution >= 0.6 is 0 Å². The molecule has 0 amide bonds. The van der Waals surface area contributed by atoms with Gasteiger partial charge in [0.05, 0.1) is 0 Å². The van der Waals surface area contributed by atoms with Crippen LogP contribution in [0.3, 0.4) is 0 Å². The first-order valence-electron chi connectivity index (χ1n) is 4.92. The van der Waals surface area contributed by atoms with Gasteiger partial charge >= 0.3 is 0 Å². The summed E-state index contributed by atoms with van der Waals surface area (Å²) in [6.07, 6.45) is 1.12. The van der Waals surface area contributed by atoms with E-state index in [2.05, 4.69) is 16.4 Å². The fourth-order valence-corrected chi connectivity index (χ4v) is 1.51. The van der Waals surface area contributed by atoms with Crippen LogP contribution in [0.5, 0.6) is 0 Å². The average molecular weight is 189 g/mol. The van der Waals surface area contributed by atoms with Gasteiger partial charge in [0.2, 0.25) is 0 Å². The van der Waals surface area contributed by atoms with Crippen molar-refractivity contribution in [2.24, 2.45) is 4.99 Å². The second-order valence-corrected chi connectivity index (χ2v) is 3.58. The van der Waals surface area contributed by atoms with Gasteiger partial charge in [-0.2, -0.15) is 0 Å². The topological polar surface area (TPSA) is 50.4 Å². The smallest absolute Gasteiger partial charge is 0.128 e. The lowest BCUT2D eigenvalue weighted by molar-refractivity contribution is 0.742. The molecule has 3 N–H and O–H groups in total. The number of hydrogen-bond donors (Lipinski definition) is 2. The lowest BCUT2D eigenvalue weighted by Crippen LogP contribution is -2.30. The molecule has 0 aliphatic carbocycles. The molecule has 0 spiro atoms. The van der Waals surface area contributed by atoms with Crippen LogP contribution in [0.15, 0.2) is 23.2 Å². The highest BCUT2D eigenvalue weighted by Gasteiger charge is 2.07. The highest BCUT2D eigenvalue weighted by Crippen LogP contribution is 2.13. The van der Waals surface area contributed by atoms with Crippen LogP contribution in [0.4, 0.5) is 5.69 Å². The number of nitrogens with two attached hydrogens (primary N) is 1. The zero-order valence-corrected chi connectivity index (χ0v) is 8.38. The number of anilines is 1. The summed E-state index contributed by atoms with van der Waals surface area (Å²) >= 11 is 0. The quantitative estimate of drug-likeness (QED) is 0.654. The Morgan fingerprint density at radius 3 is 2.93 bits per heavy atom. The van der Waals surface area contributed by atoms with Gasteiger partial charge in [-0.1, -0.05) is 12.1 Å². The Hall–Kier alpha value is -1.51. The van der Waals surface area contributed by atoms with Crippen molar-refractivity contribution in [1.29, 1.82) is 0 Å². The van der Waals surface area contributed by atoms with Gasteiger partial charge in [-0.3, -0.25) is 4.99 Å². The summed E-state index contributed by atoms with van der Waals surface area (Å²) < 4.78 is 0. The zero-order valence-electron chi connectivity index (χ0n) is 8.38. The monoisotopic (exact) mass is 189 g/mol. The van der Waals surface area contributed by atoms with Crippen LogP contribution in [0, 0.1) is 6.92 Å². The largest absolute Gasteiger partial charge is 0.398 e. The van der Waals surface area contributed by atoms with Crippen LogP contribution < -0.4 is 11.1 Å². The molecule has 0 saturated carbocycles. The molecule has 3 nitrogen and oxygen atoms in total. The molecule has 1 aromatic carbocycles. The molecule has 0 bridgehead atoms. The molecule has 1 aliphatic rings. The molecular weight excluding hydrogens is 174 g/mol. The highest BCUT2D eigenvalue weighted by atomic mass is 15.0. The Balaban J connectivity index is 2.32. The number of hydrogen-bond acceptors (Lipinski definition) is 3. The maximum atomic E-state index is 5.84. The fraction of sp³-hybridized carbons (Fsp3) is 0.364. The Morgan fingerprint density at radius 2 is 2.29 bits per heavy atom. The molecule has 0 radical (unpaired) electrons. The molecule has 0 fully saturated rings. The minimum absolute atomic E-state index is 0.831. The van der Waals surface area contributed by atoms with Crippen molar-refractivity contribution in [3.8, 4) is 0 Å². The molecule has 14 heavy (non-hydrogen) atoms. The number of benzene rings is 1. The summed E-state index contributed by atoms with van der Waals surface area (Å²) in [6, 6.07) is 6.07. The Kier molecular flexibility index (Phi) is 2.39. The summed E-state index contributed by atoms with van der Waals surface area (Å²) in [5.41, 5.74) is 8.88. The highest BCUT2D eigenvalue weighted by molar-refractivity contribution is 5.99. The predicted octanol–water partition coefficient (Wildman–Crippen LogP) is 1.32. The first kappa shape index (κ1) is 9.06. The standard InChI is InChI=1S/C11H15N3/c1-8-3-4-9(7-10(8)12)11-13-5-2-6-14-11/h3-4,7H,2,5-6,12H2,1H3,(H,13,14). The number of nitrogen functional groups attached to an aromatic ring is 1. The molecule has 0 saturated heterocycles. The minimum Gasteiger partial charge on any atom is -0.398 e. The van der Waals surface area contributed by atoms with Crippen LogP contribution in [-0.2, 0) is 0 Å². The summed E-state index contributed by atoms with van der Waals surface area (Å²) in [7, 11) is 0. The van der Waals surface area contributed by atoms with Gasteiger partial charge in [0.15, 0.2) is 0 Å². The number of rotatable bonds is 1. The van der Waals surface area contributed by atoms with Crippen molar-refractivity contribution < 1.29 is 0 Å². The zero-order chi connectivity index (χ0) is 9.97. The number of amidine groups is 1. The van der Waals surface area contributed by atoms with Crippen molar-refractivity contribution in [2.75, 3.05) is 18.8 Å². The van der Waals surface area contributed by atoms with Crippen molar-refractivity contribution in [3.05, 3.63) is 29.3 Å².